The number of nitrogens with zero attached hydrogens (tertiary/aromatic N) is 1. The molecule has 1 unspecified atom stereocenters. The number of hydrogen-bond donors (Lipinski definition) is 2. The molecular formula is C44H33N3O. The van der Waals surface area contributed by atoms with E-state index in [0.717, 1.165) is 77.8 Å². The first kappa shape index (κ1) is 29.2. The molecule has 8 rings (SSSR count). The van der Waals surface area contributed by atoms with Crippen molar-refractivity contribution < 1.29 is 4.42 Å². The van der Waals surface area contributed by atoms with Crippen molar-refractivity contribution in [2.75, 3.05) is 5.32 Å². The number of anilines is 2. The van der Waals surface area contributed by atoms with Gasteiger partial charge in [-0.2, -0.15) is 0 Å². The second-order valence-electron chi connectivity index (χ2n) is 11.8. The zero-order valence-corrected chi connectivity index (χ0v) is 26.3. The van der Waals surface area contributed by atoms with Crippen molar-refractivity contribution in [2.45, 2.75) is 6.17 Å². The second-order valence-corrected chi connectivity index (χ2v) is 11.8. The summed E-state index contributed by atoms with van der Waals surface area (Å²) < 4.78 is 6.74. The third-order valence-corrected chi connectivity index (χ3v) is 8.72. The summed E-state index contributed by atoms with van der Waals surface area (Å²) in [6.45, 7) is 0. The van der Waals surface area contributed by atoms with Gasteiger partial charge in [0.15, 0.2) is 0 Å². The number of benzene rings is 7. The lowest BCUT2D eigenvalue weighted by Crippen LogP contribution is -2.08. The van der Waals surface area contributed by atoms with Crippen LogP contribution in [0.4, 0.5) is 11.4 Å². The van der Waals surface area contributed by atoms with E-state index in [1.165, 1.54) is 0 Å². The van der Waals surface area contributed by atoms with Crippen LogP contribution in [0, 0.1) is 0 Å². The van der Waals surface area contributed by atoms with Crippen LogP contribution in [0.2, 0.25) is 0 Å². The molecule has 0 aliphatic rings. The first-order chi connectivity index (χ1) is 23.7. The summed E-state index contributed by atoms with van der Waals surface area (Å²) in [5.74, 6) is 0. The van der Waals surface area contributed by atoms with E-state index < -0.39 is 6.17 Å². The first-order valence-electron chi connectivity index (χ1n) is 16.1. The topological polar surface area (TPSA) is 63.5 Å². The van der Waals surface area contributed by atoms with Crippen molar-refractivity contribution in [1.29, 1.82) is 0 Å². The van der Waals surface area contributed by atoms with Crippen LogP contribution in [0.5, 0.6) is 0 Å². The predicted octanol–water partition coefficient (Wildman–Crippen LogP) is 11.4. The smallest absolute Gasteiger partial charge is 0.143 e. The molecule has 0 saturated carbocycles. The van der Waals surface area contributed by atoms with Crippen LogP contribution in [-0.4, -0.2) is 6.21 Å². The molecule has 1 aromatic heterocycles. The van der Waals surface area contributed by atoms with Crippen LogP contribution >= 0.6 is 0 Å². The molecule has 1 atom stereocenters. The first-order valence-corrected chi connectivity index (χ1v) is 16.1. The molecule has 4 heteroatoms. The third-order valence-electron chi connectivity index (χ3n) is 8.72. The Bertz CT molecular complexity index is 2380. The third kappa shape index (κ3) is 5.77. The predicted molar refractivity (Wildman–Crippen MR) is 201 cm³/mol. The summed E-state index contributed by atoms with van der Waals surface area (Å²) in [5, 5.41) is 5.89. The van der Waals surface area contributed by atoms with Crippen molar-refractivity contribution in [3.8, 4) is 33.4 Å². The Morgan fingerprint density at radius 2 is 1.10 bits per heavy atom. The van der Waals surface area contributed by atoms with Crippen LogP contribution in [-0.2, 0) is 0 Å². The summed E-state index contributed by atoms with van der Waals surface area (Å²) in [4.78, 5) is 4.60. The maximum absolute atomic E-state index is 6.74. The average molecular weight is 620 g/mol. The second kappa shape index (κ2) is 12.9. The molecule has 0 amide bonds. The molecular weight excluding hydrogens is 587 g/mol. The van der Waals surface area contributed by atoms with Gasteiger partial charge in [0.1, 0.15) is 17.3 Å². The molecule has 1 heterocycles. The van der Waals surface area contributed by atoms with E-state index in [2.05, 4.69) is 126 Å². The molecule has 0 radical (unpaired) electrons. The number of aliphatic imine (C=N–C) groups is 1. The Morgan fingerprint density at radius 3 is 1.77 bits per heavy atom. The van der Waals surface area contributed by atoms with E-state index in [-0.39, 0.29) is 0 Å². The molecule has 0 bridgehead atoms. The average Bonchev–Trinajstić information content (AvgIpc) is 3.55. The van der Waals surface area contributed by atoms with E-state index in [9.17, 15) is 0 Å². The Hall–Kier alpha value is -6.23. The number of para-hydroxylation sites is 2. The van der Waals surface area contributed by atoms with E-state index in [1.807, 2.05) is 60.8 Å². The minimum Gasteiger partial charge on any atom is -0.455 e. The Kier molecular flexibility index (Phi) is 7.83. The minimum atomic E-state index is -0.477. The zero-order valence-electron chi connectivity index (χ0n) is 26.3. The lowest BCUT2D eigenvalue weighted by atomic mass is 9.96. The normalized spacial score (nSPS) is 12.1. The number of hydrogen-bond acceptors (Lipinski definition) is 4. The van der Waals surface area contributed by atoms with Gasteiger partial charge < -0.3 is 15.5 Å². The fourth-order valence-corrected chi connectivity index (χ4v) is 6.32. The van der Waals surface area contributed by atoms with Crippen LogP contribution in [0.25, 0.3) is 55.3 Å². The fourth-order valence-electron chi connectivity index (χ4n) is 6.32. The van der Waals surface area contributed by atoms with Crippen molar-refractivity contribution in [3.05, 3.63) is 181 Å². The fraction of sp³-hybridized carbons (Fsp3) is 0.0227. The SMILES string of the molecule is NC(N=Cc1ccccc1)c1cccc(Nc2ccc(-c3cccc4c3oc3c(-c5ccccc5)cccc34)cc2-c2ccccc2)c1. The molecule has 7 aromatic carbocycles. The van der Waals surface area contributed by atoms with Crippen molar-refractivity contribution in [2.24, 2.45) is 10.7 Å². The number of furan rings is 1. The van der Waals surface area contributed by atoms with Gasteiger partial charge in [-0.25, -0.2) is 0 Å². The molecule has 48 heavy (non-hydrogen) atoms. The highest BCUT2D eigenvalue weighted by molar-refractivity contribution is 6.13. The molecule has 0 saturated heterocycles. The summed E-state index contributed by atoms with van der Waals surface area (Å²) in [6, 6.07) is 58.4. The lowest BCUT2D eigenvalue weighted by molar-refractivity contribution is 0.671. The molecule has 0 aliphatic carbocycles. The van der Waals surface area contributed by atoms with Gasteiger partial charge in [0, 0.05) is 45.1 Å². The molecule has 3 N–H and O–H groups in total. The highest BCUT2D eigenvalue weighted by Gasteiger charge is 2.17. The van der Waals surface area contributed by atoms with Gasteiger partial charge in [-0.1, -0.05) is 146 Å². The van der Waals surface area contributed by atoms with Crippen molar-refractivity contribution in [1.82, 2.24) is 0 Å². The monoisotopic (exact) mass is 619 g/mol. The van der Waals surface area contributed by atoms with Crippen LogP contribution in [0.15, 0.2) is 179 Å². The minimum absolute atomic E-state index is 0.477. The zero-order chi connectivity index (χ0) is 32.3. The molecule has 8 aromatic rings. The summed E-state index contributed by atoms with van der Waals surface area (Å²) in [6.07, 6.45) is 1.34. The highest BCUT2D eigenvalue weighted by Crippen LogP contribution is 2.42. The maximum Gasteiger partial charge on any atom is 0.143 e. The van der Waals surface area contributed by atoms with Crippen LogP contribution < -0.4 is 11.1 Å². The quantitative estimate of drug-likeness (QED) is 0.166. The number of nitrogens with two attached hydrogens (primary N) is 1. The van der Waals surface area contributed by atoms with Crippen LogP contribution in [0.3, 0.4) is 0 Å². The van der Waals surface area contributed by atoms with Crippen molar-refractivity contribution in [3.63, 3.8) is 0 Å². The summed E-state index contributed by atoms with van der Waals surface area (Å²) in [5.41, 5.74) is 18.7. The van der Waals surface area contributed by atoms with Gasteiger partial charge in [-0.3, -0.25) is 4.99 Å². The molecule has 0 spiro atoms. The van der Waals surface area contributed by atoms with E-state index in [1.54, 1.807) is 0 Å². The summed E-state index contributed by atoms with van der Waals surface area (Å²) in [7, 11) is 0. The maximum atomic E-state index is 6.74. The Morgan fingerprint density at radius 1 is 0.521 bits per heavy atom. The Balaban J connectivity index is 1.18. The highest BCUT2D eigenvalue weighted by atomic mass is 16.3. The van der Waals surface area contributed by atoms with E-state index >= 15 is 0 Å². The van der Waals surface area contributed by atoms with Gasteiger partial charge >= 0.3 is 0 Å². The van der Waals surface area contributed by atoms with E-state index in [4.69, 9.17) is 10.2 Å². The molecule has 4 nitrogen and oxygen atoms in total. The van der Waals surface area contributed by atoms with Gasteiger partial charge in [0.05, 0.1) is 0 Å². The Labute approximate surface area is 279 Å². The standard InChI is InChI=1S/C44H33N3O/c45-44(46-29-30-13-4-1-5-14-30)34-19-10-20-35(27-34)47-41-26-25-33(28-40(41)32-17-8-3-9-18-32)37-22-12-24-39-38-23-11-21-36(42(38)48-43(37)39)31-15-6-2-7-16-31/h1-29,44,47H,45H2. The number of rotatable bonds is 8. The van der Waals surface area contributed by atoms with Gasteiger partial charge in [-0.15, -0.1) is 0 Å². The largest absolute Gasteiger partial charge is 0.455 e. The molecule has 0 fully saturated rings. The van der Waals surface area contributed by atoms with Gasteiger partial charge in [0.25, 0.3) is 0 Å². The van der Waals surface area contributed by atoms with E-state index in [0.29, 0.717) is 0 Å². The molecule has 0 aliphatic heterocycles. The van der Waals surface area contributed by atoms with Gasteiger partial charge in [0.2, 0.25) is 0 Å². The molecule has 230 valence electrons. The van der Waals surface area contributed by atoms with Gasteiger partial charge in [-0.05, 0) is 52.1 Å². The lowest BCUT2D eigenvalue weighted by Gasteiger charge is -2.16. The van der Waals surface area contributed by atoms with Crippen molar-refractivity contribution >= 4 is 39.5 Å². The van der Waals surface area contributed by atoms with Crippen LogP contribution in [0.1, 0.15) is 17.3 Å². The number of fused-ring (bicyclic) bond motifs is 3. The number of nitrogens with one attached hydrogen (secondary N) is 1. The summed E-state index contributed by atoms with van der Waals surface area (Å²) >= 11 is 0.